The third-order valence-electron chi connectivity index (χ3n) is 3.05. The second kappa shape index (κ2) is 5.70. The first-order chi connectivity index (χ1) is 9.38. The SMILES string of the molecule is N=C(N)c1cc(C(F)(F)F)ccc1OCC1CCCO1. The Morgan fingerprint density at radius 3 is 2.75 bits per heavy atom. The number of hydrogen-bond donors (Lipinski definition) is 2. The number of nitrogens with two attached hydrogens (primary N) is 1. The first-order valence-corrected chi connectivity index (χ1v) is 6.18. The van der Waals surface area contributed by atoms with Crippen LogP contribution in [-0.4, -0.2) is 25.2 Å². The highest BCUT2D eigenvalue weighted by Gasteiger charge is 2.31. The summed E-state index contributed by atoms with van der Waals surface area (Å²) in [5, 5.41) is 7.36. The van der Waals surface area contributed by atoms with Crippen molar-refractivity contribution in [3.05, 3.63) is 29.3 Å². The Balaban J connectivity index is 2.17. The highest BCUT2D eigenvalue weighted by atomic mass is 19.4. The Hall–Kier alpha value is -1.76. The molecule has 3 N–H and O–H groups in total. The molecule has 20 heavy (non-hydrogen) atoms. The fourth-order valence-corrected chi connectivity index (χ4v) is 2.00. The van der Waals surface area contributed by atoms with Gasteiger partial charge in [0.15, 0.2) is 0 Å². The van der Waals surface area contributed by atoms with Crippen molar-refractivity contribution in [3.63, 3.8) is 0 Å². The van der Waals surface area contributed by atoms with Crippen LogP contribution < -0.4 is 10.5 Å². The maximum Gasteiger partial charge on any atom is 0.416 e. The van der Waals surface area contributed by atoms with Crippen molar-refractivity contribution >= 4 is 5.84 Å². The van der Waals surface area contributed by atoms with Gasteiger partial charge in [-0.05, 0) is 31.0 Å². The Morgan fingerprint density at radius 2 is 2.20 bits per heavy atom. The molecule has 1 heterocycles. The predicted molar refractivity (Wildman–Crippen MR) is 66.9 cm³/mol. The summed E-state index contributed by atoms with van der Waals surface area (Å²) in [6.07, 6.45) is -2.73. The molecule has 1 aliphatic heterocycles. The molecule has 7 heteroatoms. The summed E-state index contributed by atoms with van der Waals surface area (Å²) in [6.45, 7) is 0.909. The molecule has 110 valence electrons. The van der Waals surface area contributed by atoms with Gasteiger partial charge in [0, 0.05) is 6.61 Å². The van der Waals surface area contributed by atoms with Crippen molar-refractivity contribution in [1.29, 1.82) is 5.41 Å². The van der Waals surface area contributed by atoms with E-state index in [0.29, 0.717) is 6.61 Å². The van der Waals surface area contributed by atoms with E-state index in [1.807, 2.05) is 0 Å². The molecule has 0 amide bonds. The van der Waals surface area contributed by atoms with Gasteiger partial charge in [-0.15, -0.1) is 0 Å². The zero-order valence-electron chi connectivity index (χ0n) is 10.7. The van der Waals surface area contributed by atoms with Gasteiger partial charge in [0.1, 0.15) is 18.2 Å². The molecule has 0 bridgehead atoms. The highest BCUT2D eigenvalue weighted by molar-refractivity contribution is 5.97. The number of nitrogen functional groups attached to an aromatic ring is 1. The molecule has 1 fully saturated rings. The van der Waals surface area contributed by atoms with E-state index in [1.165, 1.54) is 6.07 Å². The maximum atomic E-state index is 12.6. The van der Waals surface area contributed by atoms with Crippen LogP contribution in [-0.2, 0) is 10.9 Å². The Kier molecular flexibility index (Phi) is 4.17. The minimum absolute atomic E-state index is 0.0576. The zero-order valence-corrected chi connectivity index (χ0v) is 10.7. The van der Waals surface area contributed by atoms with Crippen molar-refractivity contribution in [1.82, 2.24) is 0 Å². The summed E-state index contributed by atoms with van der Waals surface area (Å²) < 4.78 is 48.7. The van der Waals surface area contributed by atoms with E-state index in [-0.39, 0.29) is 24.0 Å². The molecule has 0 aliphatic carbocycles. The molecule has 0 radical (unpaired) electrons. The topological polar surface area (TPSA) is 68.3 Å². The van der Waals surface area contributed by atoms with Gasteiger partial charge in [-0.3, -0.25) is 5.41 Å². The van der Waals surface area contributed by atoms with Crippen LogP contribution in [0.4, 0.5) is 13.2 Å². The fourth-order valence-electron chi connectivity index (χ4n) is 2.00. The first kappa shape index (κ1) is 14.6. The molecule has 1 aromatic rings. The molecular formula is C13H15F3N2O2. The Labute approximate surface area is 114 Å². The van der Waals surface area contributed by atoms with Crippen LogP contribution in [0.3, 0.4) is 0 Å². The van der Waals surface area contributed by atoms with Crippen molar-refractivity contribution < 1.29 is 22.6 Å². The number of halogens is 3. The second-order valence-corrected chi connectivity index (χ2v) is 4.57. The fraction of sp³-hybridized carbons (Fsp3) is 0.462. The van der Waals surface area contributed by atoms with E-state index in [2.05, 4.69) is 0 Å². The van der Waals surface area contributed by atoms with Gasteiger partial charge in [0.05, 0.1) is 17.2 Å². The van der Waals surface area contributed by atoms with Crippen LogP contribution in [0.1, 0.15) is 24.0 Å². The monoisotopic (exact) mass is 288 g/mol. The summed E-state index contributed by atoms with van der Waals surface area (Å²) in [7, 11) is 0. The molecule has 0 aromatic heterocycles. The van der Waals surface area contributed by atoms with Gasteiger partial charge in [-0.2, -0.15) is 13.2 Å². The quantitative estimate of drug-likeness (QED) is 0.661. The van der Waals surface area contributed by atoms with E-state index in [9.17, 15) is 13.2 Å². The van der Waals surface area contributed by atoms with Crippen molar-refractivity contribution in [2.75, 3.05) is 13.2 Å². The lowest BCUT2D eigenvalue weighted by molar-refractivity contribution is -0.137. The van der Waals surface area contributed by atoms with Gasteiger partial charge in [-0.1, -0.05) is 0 Å². The van der Waals surface area contributed by atoms with Crippen molar-refractivity contribution in [3.8, 4) is 5.75 Å². The molecule has 0 spiro atoms. The largest absolute Gasteiger partial charge is 0.490 e. The second-order valence-electron chi connectivity index (χ2n) is 4.57. The van der Waals surface area contributed by atoms with E-state index in [1.54, 1.807) is 0 Å². The average Bonchev–Trinajstić information content (AvgIpc) is 2.88. The number of nitrogens with one attached hydrogen (secondary N) is 1. The average molecular weight is 288 g/mol. The molecule has 1 aliphatic rings. The summed E-state index contributed by atoms with van der Waals surface area (Å²) in [5.41, 5.74) is 4.40. The van der Waals surface area contributed by atoms with Gasteiger partial charge in [0.2, 0.25) is 0 Å². The third-order valence-corrected chi connectivity index (χ3v) is 3.05. The number of ether oxygens (including phenoxy) is 2. The number of alkyl halides is 3. The molecule has 1 saturated heterocycles. The highest BCUT2D eigenvalue weighted by Crippen LogP contribution is 2.32. The van der Waals surface area contributed by atoms with E-state index >= 15 is 0 Å². The van der Waals surface area contributed by atoms with Gasteiger partial charge in [-0.25, -0.2) is 0 Å². The number of rotatable bonds is 4. The van der Waals surface area contributed by atoms with Crippen LogP contribution in [0.2, 0.25) is 0 Å². The first-order valence-electron chi connectivity index (χ1n) is 6.18. The van der Waals surface area contributed by atoms with Crippen molar-refractivity contribution in [2.24, 2.45) is 5.73 Å². The van der Waals surface area contributed by atoms with E-state index < -0.39 is 17.6 Å². The molecule has 1 aromatic carbocycles. The Morgan fingerprint density at radius 1 is 1.45 bits per heavy atom. The normalized spacial score (nSPS) is 19.1. The zero-order chi connectivity index (χ0) is 14.8. The molecule has 0 saturated carbocycles. The summed E-state index contributed by atoms with van der Waals surface area (Å²) in [5.74, 6) is -0.292. The summed E-state index contributed by atoms with van der Waals surface area (Å²) in [6, 6.07) is 2.93. The van der Waals surface area contributed by atoms with Crippen LogP contribution in [0.5, 0.6) is 5.75 Å². The molecule has 4 nitrogen and oxygen atoms in total. The van der Waals surface area contributed by atoms with Crippen LogP contribution in [0.25, 0.3) is 0 Å². The summed E-state index contributed by atoms with van der Waals surface area (Å²) >= 11 is 0. The van der Waals surface area contributed by atoms with Crippen LogP contribution >= 0.6 is 0 Å². The lowest BCUT2D eigenvalue weighted by atomic mass is 10.1. The van der Waals surface area contributed by atoms with Gasteiger partial charge >= 0.3 is 6.18 Å². The number of hydrogen-bond acceptors (Lipinski definition) is 3. The predicted octanol–water partition coefficient (Wildman–Crippen LogP) is 2.55. The van der Waals surface area contributed by atoms with E-state index in [0.717, 1.165) is 25.0 Å². The van der Waals surface area contributed by atoms with Crippen LogP contribution in [0, 0.1) is 5.41 Å². The van der Waals surface area contributed by atoms with Gasteiger partial charge in [0.25, 0.3) is 0 Å². The maximum absolute atomic E-state index is 12.6. The standard InChI is InChI=1S/C13H15F3N2O2/c14-13(15,16)8-3-4-11(10(6-8)12(17)18)20-7-9-2-1-5-19-9/h3-4,6,9H,1-2,5,7H2,(H3,17,18). The number of amidine groups is 1. The Bertz CT molecular complexity index is 497. The molecule has 1 unspecified atom stereocenters. The molecular weight excluding hydrogens is 273 g/mol. The lowest BCUT2D eigenvalue weighted by Crippen LogP contribution is -2.20. The molecule has 2 rings (SSSR count). The van der Waals surface area contributed by atoms with Gasteiger partial charge < -0.3 is 15.2 Å². The van der Waals surface area contributed by atoms with Crippen LogP contribution in [0.15, 0.2) is 18.2 Å². The van der Waals surface area contributed by atoms with E-state index in [4.69, 9.17) is 20.6 Å². The third kappa shape index (κ3) is 3.41. The minimum atomic E-state index is -4.47. The number of benzene rings is 1. The summed E-state index contributed by atoms with van der Waals surface area (Å²) in [4.78, 5) is 0. The minimum Gasteiger partial charge on any atom is -0.490 e. The van der Waals surface area contributed by atoms with Crippen molar-refractivity contribution in [2.45, 2.75) is 25.1 Å². The lowest BCUT2D eigenvalue weighted by Gasteiger charge is -2.16. The smallest absolute Gasteiger partial charge is 0.416 e. The molecule has 1 atom stereocenters.